The van der Waals surface area contributed by atoms with Crippen molar-refractivity contribution in [3.05, 3.63) is 65.7 Å². The summed E-state index contributed by atoms with van der Waals surface area (Å²) < 4.78 is 14.3. The molecule has 134 valence electrons. The second-order valence-electron chi connectivity index (χ2n) is 6.15. The minimum absolute atomic E-state index is 0.0686. The Labute approximate surface area is 151 Å². The number of piperazine rings is 1. The number of ketones is 1. The number of pyridine rings is 1. The van der Waals surface area contributed by atoms with Crippen molar-refractivity contribution < 1.29 is 14.0 Å². The van der Waals surface area contributed by atoms with E-state index in [0.717, 1.165) is 5.56 Å². The van der Waals surface area contributed by atoms with Gasteiger partial charge in [0.05, 0.1) is 5.69 Å². The van der Waals surface area contributed by atoms with Crippen LogP contribution in [0.2, 0.25) is 0 Å². The molecule has 6 heteroatoms. The first-order valence-electron chi connectivity index (χ1n) is 8.47. The molecule has 1 aliphatic rings. The molecule has 0 bridgehead atoms. The molecule has 3 rings (SSSR count). The van der Waals surface area contributed by atoms with Crippen LogP contribution in [0.15, 0.2) is 48.8 Å². The van der Waals surface area contributed by atoms with Gasteiger partial charge in [-0.15, -0.1) is 0 Å². The molecule has 0 N–H and O–H groups in total. The van der Waals surface area contributed by atoms with Gasteiger partial charge in [0.1, 0.15) is 5.82 Å². The number of hydrogen-bond acceptors (Lipinski definition) is 4. The first-order valence-corrected chi connectivity index (χ1v) is 8.47. The minimum atomic E-state index is -0.408. The van der Waals surface area contributed by atoms with Crippen molar-refractivity contribution in [2.24, 2.45) is 0 Å². The monoisotopic (exact) mass is 353 g/mol. The van der Waals surface area contributed by atoms with Gasteiger partial charge in [0.2, 0.25) is 5.91 Å². The number of Topliss-reactive ketones (excluding diaryl/α,β-unsaturated/α-hetero) is 1. The van der Waals surface area contributed by atoms with Crippen LogP contribution < -0.4 is 4.90 Å². The smallest absolute Gasteiger partial charge is 0.246 e. The molecule has 1 amide bonds. The summed E-state index contributed by atoms with van der Waals surface area (Å²) in [7, 11) is 0. The van der Waals surface area contributed by atoms with Gasteiger partial charge in [-0.05, 0) is 42.8 Å². The number of amides is 1. The Bertz CT molecular complexity index is 828. The number of benzene rings is 1. The second kappa shape index (κ2) is 7.91. The Morgan fingerprint density at radius 3 is 2.54 bits per heavy atom. The summed E-state index contributed by atoms with van der Waals surface area (Å²) in [4.78, 5) is 31.3. The highest BCUT2D eigenvalue weighted by molar-refractivity contribution is 5.94. The van der Waals surface area contributed by atoms with Crippen LogP contribution in [0.25, 0.3) is 6.08 Å². The second-order valence-corrected chi connectivity index (χ2v) is 6.15. The lowest BCUT2D eigenvalue weighted by atomic mass is 10.1. The molecule has 5 nitrogen and oxygen atoms in total. The van der Waals surface area contributed by atoms with Crippen molar-refractivity contribution >= 4 is 23.5 Å². The maximum Gasteiger partial charge on any atom is 0.246 e. The molecule has 1 fully saturated rings. The number of anilines is 1. The van der Waals surface area contributed by atoms with Crippen molar-refractivity contribution in [2.75, 3.05) is 31.1 Å². The minimum Gasteiger partial charge on any atom is -0.366 e. The Morgan fingerprint density at radius 1 is 1.15 bits per heavy atom. The molecule has 1 aromatic carbocycles. The lowest BCUT2D eigenvalue weighted by Crippen LogP contribution is -2.48. The maximum absolute atomic E-state index is 14.3. The van der Waals surface area contributed by atoms with E-state index in [1.165, 1.54) is 19.1 Å². The zero-order valence-electron chi connectivity index (χ0n) is 14.6. The normalized spacial score (nSPS) is 14.7. The number of carbonyl (C=O) groups excluding carboxylic acids is 2. The van der Waals surface area contributed by atoms with Gasteiger partial charge in [-0.25, -0.2) is 4.39 Å². The van der Waals surface area contributed by atoms with E-state index in [1.807, 2.05) is 17.0 Å². The SMILES string of the molecule is CC(=O)c1ccc(N2CCN(C(=O)/C=C/c3cccnc3)CC2)c(F)c1. The number of carbonyl (C=O) groups is 2. The fourth-order valence-corrected chi connectivity index (χ4v) is 2.90. The average Bonchev–Trinajstić information content (AvgIpc) is 2.67. The van der Waals surface area contributed by atoms with Crippen LogP contribution in [0.4, 0.5) is 10.1 Å². The van der Waals surface area contributed by atoms with Gasteiger partial charge in [0.25, 0.3) is 0 Å². The van der Waals surface area contributed by atoms with Crippen LogP contribution in [0.3, 0.4) is 0 Å². The van der Waals surface area contributed by atoms with Gasteiger partial charge in [-0.1, -0.05) is 6.07 Å². The number of hydrogen-bond donors (Lipinski definition) is 0. The van der Waals surface area contributed by atoms with E-state index >= 15 is 0 Å². The van der Waals surface area contributed by atoms with E-state index in [-0.39, 0.29) is 11.7 Å². The number of halogens is 1. The molecule has 2 heterocycles. The van der Waals surface area contributed by atoms with Crippen LogP contribution in [-0.2, 0) is 4.79 Å². The van der Waals surface area contributed by atoms with E-state index < -0.39 is 5.82 Å². The maximum atomic E-state index is 14.3. The predicted octanol–water partition coefficient (Wildman–Crippen LogP) is 2.79. The first-order chi connectivity index (χ1) is 12.5. The van der Waals surface area contributed by atoms with Crippen LogP contribution in [0.1, 0.15) is 22.8 Å². The zero-order chi connectivity index (χ0) is 18.5. The summed E-state index contributed by atoms with van der Waals surface area (Å²) in [6.45, 7) is 3.54. The van der Waals surface area contributed by atoms with Gasteiger partial charge in [0.15, 0.2) is 5.78 Å². The van der Waals surface area contributed by atoms with Crippen molar-refractivity contribution in [1.29, 1.82) is 0 Å². The Balaban J connectivity index is 1.60. The molecular formula is C20H20FN3O2. The van der Waals surface area contributed by atoms with Gasteiger partial charge < -0.3 is 9.80 Å². The third kappa shape index (κ3) is 4.14. The number of nitrogens with zero attached hydrogens (tertiary/aromatic N) is 3. The topological polar surface area (TPSA) is 53.5 Å². The molecule has 1 aliphatic heterocycles. The lowest BCUT2D eigenvalue weighted by molar-refractivity contribution is -0.126. The molecule has 26 heavy (non-hydrogen) atoms. The van der Waals surface area contributed by atoms with Crippen molar-refractivity contribution in [3.63, 3.8) is 0 Å². The molecule has 0 spiro atoms. The van der Waals surface area contributed by atoms with Crippen LogP contribution in [0.5, 0.6) is 0 Å². The summed E-state index contributed by atoms with van der Waals surface area (Å²) in [5.41, 5.74) is 1.70. The summed E-state index contributed by atoms with van der Waals surface area (Å²) >= 11 is 0. The number of aromatic nitrogens is 1. The molecule has 0 aliphatic carbocycles. The van der Waals surface area contributed by atoms with Gasteiger partial charge in [-0.3, -0.25) is 14.6 Å². The van der Waals surface area contributed by atoms with E-state index in [1.54, 1.807) is 35.5 Å². The summed E-state index contributed by atoms with van der Waals surface area (Å²) in [6, 6.07) is 8.23. The zero-order valence-corrected chi connectivity index (χ0v) is 14.6. The highest BCUT2D eigenvalue weighted by atomic mass is 19.1. The first kappa shape index (κ1) is 17.8. The fraction of sp³-hybridized carbons (Fsp3) is 0.250. The summed E-state index contributed by atoms with van der Waals surface area (Å²) in [5, 5.41) is 0. The summed E-state index contributed by atoms with van der Waals surface area (Å²) in [6.07, 6.45) is 6.65. The van der Waals surface area contributed by atoms with Crippen molar-refractivity contribution in [1.82, 2.24) is 9.88 Å². The van der Waals surface area contributed by atoms with Gasteiger partial charge >= 0.3 is 0 Å². The third-order valence-corrected chi connectivity index (χ3v) is 4.39. The van der Waals surface area contributed by atoms with E-state index in [2.05, 4.69) is 4.98 Å². The largest absolute Gasteiger partial charge is 0.366 e. The van der Waals surface area contributed by atoms with E-state index in [4.69, 9.17) is 0 Å². The predicted molar refractivity (Wildman–Crippen MR) is 98.5 cm³/mol. The highest BCUT2D eigenvalue weighted by Gasteiger charge is 2.22. The van der Waals surface area contributed by atoms with Crippen LogP contribution in [-0.4, -0.2) is 47.8 Å². The molecular weight excluding hydrogens is 333 g/mol. The van der Waals surface area contributed by atoms with Crippen molar-refractivity contribution in [3.8, 4) is 0 Å². The molecule has 0 unspecified atom stereocenters. The third-order valence-electron chi connectivity index (χ3n) is 4.39. The van der Waals surface area contributed by atoms with Crippen LogP contribution >= 0.6 is 0 Å². The average molecular weight is 353 g/mol. The van der Waals surface area contributed by atoms with E-state index in [0.29, 0.717) is 37.4 Å². The van der Waals surface area contributed by atoms with Gasteiger partial charge in [0, 0.05) is 50.2 Å². The summed E-state index contributed by atoms with van der Waals surface area (Å²) in [5.74, 6) is -0.638. The molecule has 0 radical (unpaired) electrons. The molecule has 0 atom stereocenters. The van der Waals surface area contributed by atoms with Crippen LogP contribution in [0, 0.1) is 5.82 Å². The molecule has 2 aromatic rings. The number of rotatable bonds is 4. The Hall–Kier alpha value is -3.02. The highest BCUT2D eigenvalue weighted by Crippen LogP contribution is 2.22. The Kier molecular flexibility index (Phi) is 5.41. The molecule has 0 saturated carbocycles. The standard InChI is InChI=1S/C20H20FN3O2/c1-15(25)17-5-6-19(18(21)13-17)23-9-11-24(12-10-23)20(26)7-4-16-3-2-8-22-14-16/h2-8,13-14H,9-12H2,1H3/b7-4+. The quantitative estimate of drug-likeness (QED) is 0.627. The Morgan fingerprint density at radius 2 is 1.92 bits per heavy atom. The van der Waals surface area contributed by atoms with Gasteiger partial charge in [-0.2, -0.15) is 0 Å². The van der Waals surface area contributed by atoms with Crippen molar-refractivity contribution in [2.45, 2.75) is 6.92 Å². The fourth-order valence-electron chi connectivity index (χ4n) is 2.90. The van der Waals surface area contributed by atoms with E-state index in [9.17, 15) is 14.0 Å². The molecule has 1 aromatic heterocycles. The molecule has 1 saturated heterocycles. The lowest BCUT2D eigenvalue weighted by Gasteiger charge is -2.35.